The fraction of sp³-hybridized carbons (Fsp3) is 0.500. The van der Waals surface area contributed by atoms with Crippen LogP contribution in [0, 0.1) is 0 Å². The largest absolute Gasteiger partial charge is 0.481 e. The maximum Gasteiger partial charge on any atom is 0.414 e. The minimum absolute atomic E-state index is 0.0316. The lowest BCUT2D eigenvalue weighted by atomic mass is 10.0. The van der Waals surface area contributed by atoms with Crippen molar-refractivity contribution in [2.45, 2.75) is 32.3 Å². The Morgan fingerprint density at radius 1 is 1.40 bits per heavy atom. The van der Waals surface area contributed by atoms with E-state index >= 15 is 0 Å². The number of ether oxygens (including phenoxy) is 1. The second-order valence-corrected chi connectivity index (χ2v) is 5.09. The van der Waals surface area contributed by atoms with Crippen molar-refractivity contribution in [2.24, 2.45) is 5.73 Å². The molecule has 1 amide bonds. The third-order valence-electron chi connectivity index (χ3n) is 2.22. The number of rotatable bonds is 4. The van der Waals surface area contributed by atoms with Crippen molar-refractivity contribution in [3.63, 3.8) is 0 Å². The minimum atomic E-state index is -1.05. The SMILES string of the molecule is CC(C)(C)OC(=O)Nc1ncc(C(CN)C(=O)O)cn1. The van der Waals surface area contributed by atoms with Gasteiger partial charge in [-0.3, -0.25) is 10.1 Å². The van der Waals surface area contributed by atoms with E-state index < -0.39 is 23.6 Å². The van der Waals surface area contributed by atoms with Crippen molar-refractivity contribution in [3.8, 4) is 0 Å². The van der Waals surface area contributed by atoms with Gasteiger partial charge in [-0.1, -0.05) is 0 Å². The summed E-state index contributed by atoms with van der Waals surface area (Å²) in [4.78, 5) is 30.1. The Hall–Kier alpha value is -2.22. The van der Waals surface area contributed by atoms with Gasteiger partial charge in [-0.2, -0.15) is 0 Å². The lowest BCUT2D eigenvalue weighted by molar-refractivity contribution is -0.138. The molecule has 0 aliphatic rings. The van der Waals surface area contributed by atoms with E-state index in [0.717, 1.165) is 0 Å². The molecule has 1 unspecified atom stereocenters. The first kappa shape index (κ1) is 15.8. The van der Waals surface area contributed by atoms with Crippen LogP contribution in [0.5, 0.6) is 0 Å². The fourth-order valence-corrected chi connectivity index (χ4v) is 1.36. The quantitative estimate of drug-likeness (QED) is 0.750. The molecule has 0 saturated heterocycles. The van der Waals surface area contributed by atoms with Crippen LogP contribution in [-0.2, 0) is 9.53 Å². The van der Waals surface area contributed by atoms with Gasteiger partial charge in [0.15, 0.2) is 0 Å². The van der Waals surface area contributed by atoms with E-state index in [-0.39, 0.29) is 12.5 Å². The van der Waals surface area contributed by atoms with E-state index in [0.29, 0.717) is 5.56 Å². The molecule has 20 heavy (non-hydrogen) atoms. The van der Waals surface area contributed by atoms with E-state index in [4.69, 9.17) is 15.6 Å². The summed E-state index contributed by atoms with van der Waals surface area (Å²) < 4.78 is 5.03. The molecule has 0 spiro atoms. The number of nitrogens with one attached hydrogen (secondary N) is 1. The van der Waals surface area contributed by atoms with Crippen LogP contribution in [0.25, 0.3) is 0 Å². The van der Waals surface area contributed by atoms with Gasteiger partial charge in [0.05, 0.1) is 5.92 Å². The number of carboxylic acid groups (broad SMARTS) is 1. The summed E-state index contributed by atoms with van der Waals surface area (Å²) in [6.07, 6.45) is 1.94. The first-order valence-corrected chi connectivity index (χ1v) is 5.97. The number of carbonyl (C=O) groups is 2. The Balaban J connectivity index is 2.72. The fourth-order valence-electron chi connectivity index (χ4n) is 1.36. The van der Waals surface area contributed by atoms with Gasteiger partial charge in [0.2, 0.25) is 5.95 Å². The molecule has 0 radical (unpaired) electrons. The first-order valence-electron chi connectivity index (χ1n) is 5.97. The van der Waals surface area contributed by atoms with Crippen LogP contribution in [0.15, 0.2) is 12.4 Å². The van der Waals surface area contributed by atoms with E-state index in [1.807, 2.05) is 0 Å². The van der Waals surface area contributed by atoms with Gasteiger partial charge in [-0.15, -0.1) is 0 Å². The average Bonchev–Trinajstić information content (AvgIpc) is 2.29. The standard InChI is InChI=1S/C12H18N4O4/c1-12(2,3)20-11(19)16-10-14-5-7(6-15-10)8(4-13)9(17)18/h5-6,8H,4,13H2,1-3H3,(H,17,18)(H,14,15,16,19). The van der Waals surface area contributed by atoms with Gasteiger partial charge in [0, 0.05) is 24.5 Å². The van der Waals surface area contributed by atoms with Gasteiger partial charge in [-0.05, 0) is 20.8 Å². The van der Waals surface area contributed by atoms with E-state index in [1.165, 1.54) is 12.4 Å². The number of aliphatic carboxylic acids is 1. The molecule has 1 aromatic heterocycles. The summed E-state index contributed by atoms with van der Waals surface area (Å²) in [5, 5.41) is 11.3. The molecular formula is C12H18N4O4. The molecule has 0 aromatic carbocycles. The molecule has 110 valence electrons. The molecule has 1 heterocycles. The number of nitrogens with zero attached hydrogens (tertiary/aromatic N) is 2. The third kappa shape index (κ3) is 4.81. The van der Waals surface area contributed by atoms with E-state index in [9.17, 15) is 9.59 Å². The van der Waals surface area contributed by atoms with Gasteiger partial charge >= 0.3 is 12.1 Å². The lowest BCUT2D eigenvalue weighted by Crippen LogP contribution is -2.28. The maximum absolute atomic E-state index is 11.5. The van der Waals surface area contributed by atoms with Gasteiger partial charge < -0.3 is 15.6 Å². The average molecular weight is 282 g/mol. The summed E-state index contributed by atoms with van der Waals surface area (Å²) in [6, 6.07) is 0. The predicted octanol–water partition coefficient (Wildman–Crippen LogP) is 0.950. The van der Waals surface area contributed by atoms with Crippen LogP contribution < -0.4 is 11.1 Å². The molecule has 1 rings (SSSR count). The summed E-state index contributed by atoms with van der Waals surface area (Å²) in [6.45, 7) is 5.14. The summed E-state index contributed by atoms with van der Waals surface area (Å²) in [5.41, 5.74) is 5.11. The molecule has 8 nitrogen and oxygen atoms in total. The highest BCUT2D eigenvalue weighted by Crippen LogP contribution is 2.14. The number of carboxylic acids is 1. The van der Waals surface area contributed by atoms with Gasteiger partial charge in [0.25, 0.3) is 0 Å². The van der Waals surface area contributed by atoms with Crippen LogP contribution in [0.3, 0.4) is 0 Å². The molecule has 0 bridgehead atoms. The molecule has 4 N–H and O–H groups in total. The van der Waals surface area contributed by atoms with Crippen molar-refractivity contribution in [1.29, 1.82) is 0 Å². The number of anilines is 1. The molecule has 0 fully saturated rings. The minimum Gasteiger partial charge on any atom is -0.481 e. The van der Waals surface area contributed by atoms with Crippen LogP contribution in [0.1, 0.15) is 32.3 Å². The number of nitrogens with two attached hydrogens (primary N) is 1. The predicted molar refractivity (Wildman–Crippen MR) is 71.3 cm³/mol. The van der Waals surface area contributed by atoms with Crippen molar-refractivity contribution >= 4 is 18.0 Å². The Bertz CT molecular complexity index is 481. The Kier molecular flexibility index (Phi) is 4.98. The topological polar surface area (TPSA) is 127 Å². The number of carbonyl (C=O) groups excluding carboxylic acids is 1. The zero-order chi connectivity index (χ0) is 15.3. The first-order chi connectivity index (χ1) is 9.23. The molecule has 0 saturated carbocycles. The third-order valence-corrected chi connectivity index (χ3v) is 2.22. The Morgan fingerprint density at radius 3 is 2.35 bits per heavy atom. The number of hydrogen-bond donors (Lipinski definition) is 3. The van der Waals surface area contributed by atoms with E-state index in [2.05, 4.69) is 15.3 Å². The van der Waals surface area contributed by atoms with Gasteiger partial charge in [-0.25, -0.2) is 14.8 Å². The molecule has 1 atom stereocenters. The Labute approximate surface area is 116 Å². The van der Waals surface area contributed by atoms with E-state index in [1.54, 1.807) is 20.8 Å². The summed E-state index contributed by atoms with van der Waals surface area (Å²) >= 11 is 0. The normalized spacial score (nSPS) is 12.6. The lowest BCUT2D eigenvalue weighted by Gasteiger charge is -2.19. The Morgan fingerprint density at radius 2 is 1.95 bits per heavy atom. The van der Waals surface area contributed by atoms with Crippen molar-refractivity contribution in [1.82, 2.24) is 9.97 Å². The second-order valence-electron chi connectivity index (χ2n) is 5.09. The highest BCUT2D eigenvalue weighted by Gasteiger charge is 2.20. The molecular weight excluding hydrogens is 264 g/mol. The highest BCUT2D eigenvalue weighted by atomic mass is 16.6. The molecule has 8 heteroatoms. The summed E-state index contributed by atoms with van der Waals surface area (Å²) in [7, 11) is 0. The van der Waals surface area contributed by atoms with Crippen LogP contribution in [0.2, 0.25) is 0 Å². The van der Waals surface area contributed by atoms with Crippen molar-refractivity contribution in [2.75, 3.05) is 11.9 Å². The summed E-state index contributed by atoms with van der Waals surface area (Å²) in [5.74, 6) is -1.89. The molecule has 1 aromatic rings. The molecule has 0 aliphatic carbocycles. The second kappa shape index (κ2) is 6.29. The monoisotopic (exact) mass is 282 g/mol. The number of aromatic nitrogens is 2. The van der Waals surface area contributed by atoms with Crippen LogP contribution >= 0.6 is 0 Å². The number of hydrogen-bond acceptors (Lipinski definition) is 6. The maximum atomic E-state index is 11.5. The zero-order valence-electron chi connectivity index (χ0n) is 11.6. The zero-order valence-corrected chi connectivity index (χ0v) is 11.6. The number of amides is 1. The smallest absolute Gasteiger partial charge is 0.414 e. The van der Waals surface area contributed by atoms with Gasteiger partial charge in [0.1, 0.15) is 5.60 Å². The van der Waals surface area contributed by atoms with Crippen LogP contribution in [0.4, 0.5) is 10.7 Å². The van der Waals surface area contributed by atoms with Crippen molar-refractivity contribution < 1.29 is 19.4 Å². The van der Waals surface area contributed by atoms with Crippen LogP contribution in [-0.4, -0.2) is 39.3 Å². The molecule has 0 aliphatic heterocycles. The highest BCUT2D eigenvalue weighted by molar-refractivity contribution is 5.82. The van der Waals surface area contributed by atoms with Crippen molar-refractivity contribution in [3.05, 3.63) is 18.0 Å².